The van der Waals surface area contributed by atoms with Gasteiger partial charge < -0.3 is 5.73 Å². The molecule has 56 valence electrons. The van der Waals surface area contributed by atoms with Crippen LogP contribution in [0.5, 0.6) is 0 Å². The molecule has 0 aromatic carbocycles. The van der Waals surface area contributed by atoms with Gasteiger partial charge in [0.15, 0.2) is 0 Å². The van der Waals surface area contributed by atoms with Crippen LogP contribution < -0.4 is 11.5 Å². The van der Waals surface area contributed by atoms with Crippen LogP contribution in [0, 0.1) is 0 Å². The van der Waals surface area contributed by atoms with Gasteiger partial charge in [-0.2, -0.15) is 0 Å². The Morgan fingerprint density at radius 2 is 2.20 bits per heavy atom. The molecule has 2 nitrogen and oxygen atoms in total. The van der Waals surface area contributed by atoms with Crippen molar-refractivity contribution < 1.29 is 0 Å². The first-order valence-electron chi connectivity index (χ1n) is 3.03. The van der Waals surface area contributed by atoms with Gasteiger partial charge in [0.2, 0.25) is 0 Å². The van der Waals surface area contributed by atoms with Gasteiger partial charge in [-0.3, -0.25) is 5.73 Å². The fourth-order valence-electron chi connectivity index (χ4n) is 0.825. The summed E-state index contributed by atoms with van der Waals surface area (Å²) < 4.78 is 0. The standard InChI is InChI=1S/C7H12N2S/c1-5-3-6(8)4-7(9)10(5)2/h4H,1,3,8-9H2,2H3. The van der Waals surface area contributed by atoms with Crippen LogP contribution in [0.1, 0.15) is 6.42 Å². The predicted octanol–water partition coefficient (Wildman–Crippen LogP) is 0.734. The molecular weight excluding hydrogens is 144 g/mol. The number of nitrogens with two attached hydrogens (primary N) is 2. The lowest BCUT2D eigenvalue weighted by atomic mass is 10.3. The summed E-state index contributed by atoms with van der Waals surface area (Å²) in [6.07, 6.45) is 4.72. The lowest BCUT2D eigenvalue weighted by molar-refractivity contribution is 1.16. The summed E-state index contributed by atoms with van der Waals surface area (Å²) in [6.45, 7) is 3.89. The first-order chi connectivity index (χ1) is 4.61. The van der Waals surface area contributed by atoms with E-state index in [0.717, 1.165) is 22.0 Å². The van der Waals surface area contributed by atoms with E-state index in [9.17, 15) is 0 Å². The summed E-state index contributed by atoms with van der Waals surface area (Å²) in [5.41, 5.74) is 12.1. The van der Waals surface area contributed by atoms with Crippen molar-refractivity contribution in [2.75, 3.05) is 6.26 Å². The minimum atomic E-state index is 0.0432. The molecule has 0 aromatic heterocycles. The number of hydrogen-bond donors (Lipinski definition) is 2. The van der Waals surface area contributed by atoms with Crippen molar-refractivity contribution in [2.24, 2.45) is 11.5 Å². The summed E-state index contributed by atoms with van der Waals surface area (Å²) in [6, 6.07) is 0. The van der Waals surface area contributed by atoms with Gasteiger partial charge in [-0.15, -0.1) is 10.5 Å². The van der Waals surface area contributed by atoms with Crippen molar-refractivity contribution in [3.8, 4) is 0 Å². The van der Waals surface area contributed by atoms with Crippen molar-refractivity contribution in [1.29, 1.82) is 0 Å². The third kappa shape index (κ3) is 1.30. The maximum Gasteiger partial charge on any atom is 0.0418 e. The van der Waals surface area contributed by atoms with E-state index in [2.05, 4.69) is 12.8 Å². The highest BCUT2D eigenvalue weighted by Crippen LogP contribution is 2.28. The van der Waals surface area contributed by atoms with Crippen LogP contribution in [0.15, 0.2) is 23.3 Å². The molecule has 10 heavy (non-hydrogen) atoms. The van der Waals surface area contributed by atoms with Crippen LogP contribution in [-0.2, 0) is 0 Å². The lowest BCUT2D eigenvalue weighted by Crippen LogP contribution is -2.16. The molecule has 1 atom stereocenters. The monoisotopic (exact) mass is 156 g/mol. The average Bonchev–Trinajstić information content (AvgIpc) is 1.82. The van der Waals surface area contributed by atoms with Gasteiger partial charge in [0.25, 0.3) is 0 Å². The Morgan fingerprint density at radius 1 is 1.60 bits per heavy atom. The van der Waals surface area contributed by atoms with E-state index in [4.69, 9.17) is 11.5 Å². The summed E-state index contributed by atoms with van der Waals surface area (Å²) in [7, 11) is 0.0432. The Hall–Kier alpha value is -0.540. The molecule has 0 aliphatic carbocycles. The van der Waals surface area contributed by atoms with Gasteiger partial charge >= 0.3 is 0 Å². The van der Waals surface area contributed by atoms with Gasteiger partial charge in [0, 0.05) is 17.1 Å². The van der Waals surface area contributed by atoms with Gasteiger partial charge in [0.05, 0.1) is 0 Å². The first-order valence-corrected chi connectivity index (χ1v) is 4.66. The van der Waals surface area contributed by atoms with Crippen molar-refractivity contribution >= 4 is 15.5 Å². The number of hydrogen-bond acceptors (Lipinski definition) is 2. The Balaban J connectivity index is 3.03. The van der Waals surface area contributed by atoms with Gasteiger partial charge in [0.1, 0.15) is 0 Å². The zero-order valence-corrected chi connectivity index (χ0v) is 6.87. The zero-order valence-electron chi connectivity index (χ0n) is 6.05. The van der Waals surface area contributed by atoms with Crippen molar-refractivity contribution in [2.45, 2.75) is 6.42 Å². The predicted molar refractivity (Wildman–Crippen MR) is 48.7 cm³/mol. The molecule has 0 bridgehead atoms. The molecule has 0 amide bonds. The van der Waals surface area contributed by atoms with Crippen LogP contribution in [0.25, 0.3) is 0 Å². The molecule has 4 N–H and O–H groups in total. The molecule has 3 heteroatoms. The average molecular weight is 156 g/mol. The largest absolute Gasteiger partial charge is 0.402 e. The molecule has 0 aromatic rings. The van der Waals surface area contributed by atoms with E-state index >= 15 is 0 Å². The van der Waals surface area contributed by atoms with E-state index in [-0.39, 0.29) is 10.5 Å². The van der Waals surface area contributed by atoms with Crippen molar-refractivity contribution in [1.82, 2.24) is 0 Å². The minimum absolute atomic E-state index is 0.0432. The first kappa shape index (κ1) is 7.57. The Labute approximate surface area is 63.5 Å². The van der Waals surface area contributed by atoms with Crippen LogP contribution in [0.2, 0.25) is 0 Å². The summed E-state index contributed by atoms with van der Waals surface area (Å²) in [4.78, 5) is 1.99. The maximum absolute atomic E-state index is 5.67. The number of allylic oxidation sites excluding steroid dienone is 1. The fourth-order valence-corrected chi connectivity index (χ4v) is 1.87. The molecule has 1 unspecified atom stereocenters. The van der Waals surface area contributed by atoms with Gasteiger partial charge in [-0.25, -0.2) is 0 Å². The normalized spacial score (nSPS) is 26.6. The molecule has 1 aliphatic heterocycles. The topological polar surface area (TPSA) is 52.0 Å². The highest BCUT2D eigenvalue weighted by Gasteiger charge is 2.06. The second kappa shape index (κ2) is 2.60. The molecule has 0 fully saturated rings. The van der Waals surface area contributed by atoms with E-state index in [1.807, 2.05) is 6.08 Å². The van der Waals surface area contributed by atoms with E-state index in [1.54, 1.807) is 0 Å². The van der Waals surface area contributed by atoms with E-state index in [1.165, 1.54) is 0 Å². The summed E-state index contributed by atoms with van der Waals surface area (Å²) in [5, 5.41) is 0. The summed E-state index contributed by atoms with van der Waals surface area (Å²) in [5.74, 6) is 0. The fraction of sp³-hybridized carbons (Fsp3) is 0.286. The Morgan fingerprint density at radius 3 is 2.70 bits per heavy atom. The smallest absolute Gasteiger partial charge is 0.0418 e. The molecule has 0 spiro atoms. The number of rotatable bonds is 0. The van der Waals surface area contributed by atoms with Crippen LogP contribution in [0.3, 0.4) is 0 Å². The van der Waals surface area contributed by atoms with E-state index in [0.29, 0.717) is 0 Å². The lowest BCUT2D eigenvalue weighted by Gasteiger charge is -2.15. The van der Waals surface area contributed by atoms with Crippen LogP contribution in [-0.4, -0.2) is 11.2 Å². The van der Waals surface area contributed by atoms with Crippen molar-refractivity contribution in [3.05, 3.63) is 23.3 Å². The van der Waals surface area contributed by atoms with Gasteiger partial charge in [-0.05, 0) is 17.2 Å². The highest BCUT2D eigenvalue weighted by atomic mass is 32.2. The molecule has 1 aliphatic rings. The molecule has 1 heterocycles. The molecule has 0 radical (unpaired) electrons. The SMILES string of the molecule is C=C1CC(N)=CC(N)=S1C. The Kier molecular flexibility index (Phi) is 1.97. The van der Waals surface area contributed by atoms with E-state index < -0.39 is 0 Å². The summed E-state index contributed by atoms with van der Waals surface area (Å²) >= 11 is 0. The van der Waals surface area contributed by atoms with Crippen LogP contribution in [0.4, 0.5) is 0 Å². The maximum atomic E-state index is 5.67. The molecular formula is C7H12N2S. The van der Waals surface area contributed by atoms with Crippen molar-refractivity contribution in [3.63, 3.8) is 0 Å². The Bertz CT molecular complexity index is 238. The third-order valence-corrected chi connectivity index (χ3v) is 3.35. The molecule has 1 rings (SSSR count). The second-order valence-electron chi connectivity index (χ2n) is 2.35. The highest BCUT2D eigenvalue weighted by molar-refractivity contribution is 8.18. The molecule has 0 saturated carbocycles. The zero-order chi connectivity index (χ0) is 7.72. The second-order valence-corrected chi connectivity index (χ2v) is 4.42. The molecule has 0 saturated heterocycles. The van der Waals surface area contributed by atoms with Gasteiger partial charge in [-0.1, -0.05) is 6.58 Å². The minimum Gasteiger partial charge on any atom is -0.402 e. The van der Waals surface area contributed by atoms with Crippen LogP contribution >= 0.6 is 10.5 Å². The quantitative estimate of drug-likeness (QED) is 0.508. The third-order valence-electron chi connectivity index (χ3n) is 1.52.